The minimum absolute atomic E-state index is 0. The number of nitrogens with zero attached hydrogens (tertiary/aromatic N) is 1. The smallest absolute Gasteiger partial charge is 0.411 e. The van der Waals surface area contributed by atoms with Crippen LogP contribution in [0, 0.1) is 0 Å². The summed E-state index contributed by atoms with van der Waals surface area (Å²) in [5.74, 6) is 0. The van der Waals surface area contributed by atoms with Crippen molar-refractivity contribution in [3.63, 3.8) is 0 Å². The Morgan fingerprint density at radius 2 is 1.78 bits per heavy atom. The summed E-state index contributed by atoms with van der Waals surface area (Å²) in [6.07, 6.45) is 0. The van der Waals surface area contributed by atoms with Gasteiger partial charge in [-0.05, 0) is 13.8 Å². The number of hydrogen-bond acceptors (Lipinski definition) is 2. The largest absolute Gasteiger partial charge is 1.00 e. The van der Waals surface area contributed by atoms with E-state index < -0.39 is 0 Å². The molecule has 0 N–H and O–H groups in total. The van der Waals surface area contributed by atoms with Crippen LogP contribution in [0.4, 0.5) is 0 Å². The Kier molecular flexibility index (Phi) is 9.39. The van der Waals surface area contributed by atoms with Crippen molar-refractivity contribution in [1.29, 1.82) is 0 Å². The SMILES string of the molecule is CCN(CC)C(=S)[S-].[Li+]. The monoisotopic (exact) mass is 155 g/mol. The van der Waals surface area contributed by atoms with Crippen LogP contribution in [0.5, 0.6) is 0 Å². The summed E-state index contributed by atoms with van der Waals surface area (Å²) in [4.78, 5) is 1.96. The molecule has 0 unspecified atom stereocenters. The molecule has 1 nitrogen and oxygen atoms in total. The van der Waals surface area contributed by atoms with E-state index in [2.05, 4.69) is 0 Å². The van der Waals surface area contributed by atoms with Gasteiger partial charge in [0.2, 0.25) is 0 Å². The Balaban J connectivity index is 0. The third-order valence-electron chi connectivity index (χ3n) is 1.02. The van der Waals surface area contributed by atoms with E-state index in [0.717, 1.165) is 13.1 Å². The number of rotatable bonds is 2. The van der Waals surface area contributed by atoms with E-state index in [1.54, 1.807) is 0 Å². The summed E-state index contributed by atoms with van der Waals surface area (Å²) >= 11 is 9.51. The first-order chi connectivity index (χ1) is 3.72. The van der Waals surface area contributed by atoms with Crippen molar-refractivity contribution in [3.8, 4) is 0 Å². The van der Waals surface area contributed by atoms with Crippen LogP contribution >= 0.6 is 12.2 Å². The van der Waals surface area contributed by atoms with Gasteiger partial charge in [-0.1, -0.05) is 4.32 Å². The van der Waals surface area contributed by atoms with Crippen molar-refractivity contribution in [2.45, 2.75) is 13.8 Å². The zero-order chi connectivity index (χ0) is 6.57. The zero-order valence-corrected chi connectivity index (χ0v) is 7.81. The molecule has 0 fully saturated rings. The zero-order valence-electron chi connectivity index (χ0n) is 6.18. The van der Waals surface area contributed by atoms with Crippen molar-refractivity contribution in [3.05, 3.63) is 0 Å². The van der Waals surface area contributed by atoms with E-state index in [-0.39, 0.29) is 18.9 Å². The van der Waals surface area contributed by atoms with Gasteiger partial charge in [0.1, 0.15) is 0 Å². The molecule has 0 saturated carbocycles. The summed E-state index contributed by atoms with van der Waals surface area (Å²) in [5.41, 5.74) is 0. The van der Waals surface area contributed by atoms with Crippen LogP contribution in [-0.4, -0.2) is 22.3 Å². The molecule has 0 rings (SSSR count). The summed E-state index contributed by atoms with van der Waals surface area (Å²) in [6.45, 7) is 5.95. The fourth-order valence-electron chi connectivity index (χ4n) is 0.482. The molecule has 0 atom stereocenters. The van der Waals surface area contributed by atoms with Crippen molar-refractivity contribution < 1.29 is 18.9 Å². The first-order valence-corrected chi connectivity index (χ1v) is 3.50. The Morgan fingerprint density at radius 1 is 1.44 bits per heavy atom. The molecule has 0 aliphatic heterocycles. The predicted molar refractivity (Wildman–Crippen MR) is 42.9 cm³/mol. The molecule has 0 saturated heterocycles. The fourth-order valence-corrected chi connectivity index (χ4v) is 0.998. The van der Waals surface area contributed by atoms with Crippen molar-refractivity contribution in [2.24, 2.45) is 0 Å². The van der Waals surface area contributed by atoms with Gasteiger partial charge in [0.25, 0.3) is 0 Å². The standard InChI is InChI=1S/C5H11NS2.Li/c1-3-6(4-2)5(7)8;/h3-4H2,1-2H3,(H,7,8);/q;+1/p-1. The van der Waals surface area contributed by atoms with Crippen LogP contribution in [0.2, 0.25) is 0 Å². The van der Waals surface area contributed by atoms with E-state index in [9.17, 15) is 0 Å². The molecule has 0 aromatic carbocycles. The Hall–Kier alpha value is 0.707. The predicted octanol–water partition coefficient (Wildman–Crippen LogP) is -1.84. The van der Waals surface area contributed by atoms with Gasteiger partial charge in [0, 0.05) is 13.1 Å². The number of thiocarbonyl (C=S) groups is 1. The molecule has 0 aliphatic carbocycles. The van der Waals surface area contributed by atoms with Gasteiger partial charge in [-0.15, -0.1) is 0 Å². The molecule has 0 spiro atoms. The van der Waals surface area contributed by atoms with Gasteiger partial charge in [-0.2, -0.15) is 0 Å². The van der Waals surface area contributed by atoms with Gasteiger partial charge in [-0.25, -0.2) is 0 Å². The molecule has 4 heteroatoms. The molecule has 0 amide bonds. The maximum atomic E-state index is 4.76. The van der Waals surface area contributed by atoms with E-state index in [1.165, 1.54) is 0 Å². The van der Waals surface area contributed by atoms with Gasteiger partial charge >= 0.3 is 18.9 Å². The van der Waals surface area contributed by atoms with Crippen molar-refractivity contribution in [2.75, 3.05) is 13.1 Å². The van der Waals surface area contributed by atoms with Crippen LogP contribution < -0.4 is 18.9 Å². The Bertz CT molecular complexity index is 83.0. The Labute approximate surface area is 79.8 Å². The molecular weight excluding hydrogens is 145 g/mol. The molecule has 0 aliphatic rings. The molecule has 48 valence electrons. The summed E-state index contributed by atoms with van der Waals surface area (Å²) in [5, 5.41) is 0. The molecule has 9 heavy (non-hydrogen) atoms. The number of hydrogen-bond donors (Lipinski definition) is 0. The van der Waals surface area contributed by atoms with E-state index in [4.69, 9.17) is 24.8 Å². The Morgan fingerprint density at radius 3 is 1.78 bits per heavy atom. The second-order valence-corrected chi connectivity index (χ2v) is 2.47. The van der Waals surface area contributed by atoms with E-state index in [1.807, 2.05) is 18.7 Å². The maximum Gasteiger partial charge on any atom is 1.00 e. The van der Waals surface area contributed by atoms with Crippen LogP contribution in [0.1, 0.15) is 13.8 Å². The molecular formula is C5H10LiNS2. The minimum atomic E-state index is 0. The second-order valence-electron chi connectivity index (χ2n) is 1.44. The summed E-state index contributed by atoms with van der Waals surface area (Å²) in [6, 6.07) is 0. The van der Waals surface area contributed by atoms with Crippen LogP contribution in [0.25, 0.3) is 0 Å². The van der Waals surface area contributed by atoms with Gasteiger partial charge in [0.15, 0.2) is 0 Å². The second kappa shape index (κ2) is 6.82. The topological polar surface area (TPSA) is 3.24 Å². The average molecular weight is 155 g/mol. The maximum absolute atomic E-state index is 4.76. The van der Waals surface area contributed by atoms with Crippen molar-refractivity contribution in [1.82, 2.24) is 4.90 Å². The third-order valence-corrected chi connectivity index (χ3v) is 1.54. The van der Waals surface area contributed by atoms with Gasteiger partial charge < -0.3 is 29.7 Å². The molecule has 0 radical (unpaired) electrons. The minimum Gasteiger partial charge on any atom is -0.411 e. The van der Waals surface area contributed by atoms with Crippen LogP contribution in [0.15, 0.2) is 0 Å². The normalized spacial score (nSPS) is 7.78. The quantitative estimate of drug-likeness (QED) is 0.262. The summed E-state index contributed by atoms with van der Waals surface area (Å²) < 4.78 is 0.579. The first-order valence-electron chi connectivity index (χ1n) is 2.68. The molecule has 0 aromatic rings. The molecule has 0 bridgehead atoms. The summed E-state index contributed by atoms with van der Waals surface area (Å²) in [7, 11) is 0. The van der Waals surface area contributed by atoms with Gasteiger partial charge in [0.05, 0.1) is 0 Å². The van der Waals surface area contributed by atoms with Crippen molar-refractivity contribution >= 4 is 29.2 Å². The molecule has 0 aromatic heterocycles. The first kappa shape index (κ1) is 12.4. The van der Waals surface area contributed by atoms with Crippen LogP contribution in [-0.2, 0) is 12.6 Å². The van der Waals surface area contributed by atoms with E-state index in [0.29, 0.717) is 4.32 Å². The third kappa shape index (κ3) is 5.17. The van der Waals surface area contributed by atoms with E-state index >= 15 is 0 Å². The fraction of sp³-hybridized carbons (Fsp3) is 0.800. The molecule has 0 heterocycles. The van der Waals surface area contributed by atoms with Crippen LogP contribution in [0.3, 0.4) is 0 Å². The average Bonchev–Trinajstić information content (AvgIpc) is 1.69. The van der Waals surface area contributed by atoms with Gasteiger partial charge in [-0.3, -0.25) is 0 Å².